The zero-order valence-corrected chi connectivity index (χ0v) is 9.54. The van der Waals surface area contributed by atoms with Crippen LogP contribution in [-0.2, 0) is 9.59 Å². The Morgan fingerprint density at radius 2 is 2.00 bits per heavy atom. The van der Waals surface area contributed by atoms with Gasteiger partial charge in [0, 0.05) is 12.5 Å². The lowest BCUT2D eigenvalue weighted by Gasteiger charge is -2.29. The second-order valence-electron chi connectivity index (χ2n) is 5.58. The summed E-state index contributed by atoms with van der Waals surface area (Å²) in [7, 11) is 0. The summed E-state index contributed by atoms with van der Waals surface area (Å²) in [6.07, 6.45) is 0.878. The van der Waals surface area contributed by atoms with Gasteiger partial charge in [-0.2, -0.15) is 0 Å². The second-order valence-corrected chi connectivity index (χ2v) is 5.58. The molecule has 2 unspecified atom stereocenters. The fourth-order valence-electron chi connectivity index (χ4n) is 2.45. The average molecular weight is 210 g/mol. The Morgan fingerprint density at radius 3 is 2.60 bits per heavy atom. The zero-order valence-electron chi connectivity index (χ0n) is 9.54. The van der Waals surface area contributed by atoms with Gasteiger partial charge in [0.15, 0.2) is 0 Å². The van der Waals surface area contributed by atoms with E-state index in [-0.39, 0.29) is 35.7 Å². The molecule has 2 aliphatic heterocycles. The minimum atomic E-state index is -0.0332. The van der Waals surface area contributed by atoms with Crippen LogP contribution in [-0.4, -0.2) is 35.8 Å². The third-order valence-electron chi connectivity index (χ3n) is 3.42. The van der Waals surface area contributed by atoms with Crippen LogP contribution in [0.1, 0.15) is 27.2 Å². The topological polar surface area (TPSA) is 49.4 Å². The number of fused-ring (bicyclic) bond motifs is 1. The predicted molar refractivity (Wildman–Crippen MR) is 56.1 cm³/mol. The molecule has 2 fully saturated rings. The van der Waals surface area contributed by atoms with Crippen LogP contribution in [0.25, 0.3) is 0 Å². The molecule has 0 aromatic heterocycles. The number of piperazine rings is 1. The molecule has 4 heteroatoms. The molecule has 15 heavy (non-hydrogen) atoms. The standard InChI is InChI=1S/C11H18N2O2/c1-11(2,3)8-4-7-5-12-9(14)6-13(7)10(8)15/h7-8H,4-6H2,1-3H3,(H,12,14). The van der Waals surface area contributed by atoms with Crippen molar-refractivity contribution in [3.8, 4) is 0 Å². The molecule has 1 N–H and O–H groups in total. The van der Waals surface area contributed by atoms with E-state index < -0.39 is 0 Å². The Hall–Kier alpha value is -1.06. The number of hydrogen-bond donors (Lipinski definition) is 1. The van der Waals surface area contributed by atoms with E-state index in [0.29, 0.717) is 6.54 Å². The SMILES string of the molecule is CC(C)(C)C1CC2CNC(=O)CN2C1=O. The maximum absolute atomic E-state index is 12.1. The van der Waals surface area contributed by atoms with Gasteiger partial charge in [-0.15, -0.1) is 0 Å². The van der Waals surface area contributed by atoms with Crippen LogP contribution < -0.4 is 5.32 Å². The highest BCUT2D eigenvalue weighted by Gasteiger charge is 2.46. The van der Waals surface area contributed by atoms with Gasteiger partial charge in [-0.05, 0) is 11.8 Å². The largest absolute Gasteiger partial charge is 0.352 e. The van der Waals surface area contributed by atoms with Gasteiger partial charge in [0.25, 0.3) is 0 Å². The van der Waals surface area contributed by atoms with Crippen molar-refractivity contribution in [3.05, 3.63) is 0 Å². The van der Waals surface area contributed by atoms with Gasteiger partial charge in [-0.3, -0.25) is 9.59 Å². The summed E-state index contributed by atoms with van der Waals surface area (Å²) < 4.78 is 0. The molecule has 2 atom stereocenters. The summed E-state index contributed by atoms with van der Waals surface area (Å²) in [5.74, 6) is 0.187. The van der Waals surface area contributed by atoms with E-state index in [0.717, 1.165) is 6.42 Å². The Morgan fingerprint density at radius 1 is 1.33 bits per heavy atom. The summed E-state index contributed by atoms with van der Waals surface area (Å²) >= 11 is 0. The van der Waals surface area contributed by atoms with Gasteiger partial charge in [-0.25, -0.2) is 0 Å². The monoisotopic (exact) mass is 210 g/mol. The molecule has 0 aromatic rings. The maximum Gasteiger partial charge on any atom is 0.239 e. The molecular weight excluding hydrogens is 192 g/mol. The molecule has 0 aromatic carbocycles. The molecule has 0 radical (unpaired) electrons. The molecule has 0 bridgehead atoms. The maximum atomic E-state index is 12.1. The molecule has 2 amide bonds. The highest BCUT2D eigenvalue weighted by molar-refractivity contribution is 5.89. The summed E-state index contributed by atoms with van der Waals surface area (Å²) in [5.41, 5.74) is -0.00251. The third kappa shape index (κ3) is 1.73. The fourth-order valence-corrected chi connectivity index (χ4v) is 2.45. The molecule has 2 aliphatic rings. The van der Waals surface area contributed by atoms with E-state index in [4.69, 9.17) is 0 Å². The van der Waals surface area contributed by atoms with E-state index >= 15 is 0 Å². The first kappa shape index (κ1) is 10.5. The highest BCUT2D eigenvalue weighted by atomic mass is 16.2. The van der Waals surface area contributed by atoms with Crippen molar-refractivity contribution in [2.24, 2.45) is 11.3 Å². The molecular formula is C11H18N2O2. The van der Waals surface area contributed by atoms with Crippen molar-refractivity contribution < 1.29 is 9.59 Å². The molecule has 2 saturated heterocycles. The van der Waals surface area contributed by atoms with Crippen molar-refractivity contribution in [1.29, 1.82) is 0 Å². The van der Waals surface area contributed by atoms with E-state index in [1.807, 2.05) is 0 Å². The van der Waals surface area contributed by atoms with E-state index in [1.165, 1.54) is 0 Å². The molecule has 0 aliphatic carbocycles. The van der Waals surface area contributed by atoms with Crippen molar-refractivity contribution in [2.45, 2.75) is 33.2 Å². The van der Waals surface area contributed by atoms with Crippen LogP contribution >= 0.6 is 0 Å². The normalized spacial score (nSPS) is 31.5. The average Bonchev–Trinajstić information content (AvgIpc) is 2.43. The summed E-state index contributed by atoms with van der Waals surface area (Å²) in [4.78, 5) is 25.0. The smallest absolute Gasteiger partial charge is 0.239 e. The molecule has 0 saturated carbocycles. The van der Waals surface area contributed by atoms with Crippen LogP contribution in [0.3, 0.4) is 0 Å². The zero-order chi connectivity index (χ0) is 11.2. The summed E-state index contributed by atoms with van der Waals surface area (Å²) in [6.45, 7) is 7.13. The van der Waals surface area contributed by atoms with Crippen LogP contribution in [0, 0.1) is 11.3 Å². The van der Waals surface area contributed by atoms with Gasteiger partial charge >= 0.3 is 0 Å². The van der Waals surface area contributed by atoms with Crippen LogP contribution in [0.15, 0.2) is 0 Å². The molecule has 84 valence electrons. The predicted octanol–water partition coefficient (Wildman–Crippen LogP) is 0.379. The Kier molecular flexibility index (Phi) is 2.24. The summed E-state index contributed by atoms with van der Waals surface area (Å²) in [6, 6.07) is 0.222. The van der Waals surface area contributed by atoms with Gasteiger partial charge in [-0.1, -0.05) is 20.8 Å². The third-order valence-corrected chi connectivity index (χ3v) is 3.42. The lowest BCUT2D eigenvalue weighted by Crippen LogP contribution is -2.52. The van der Waals surface area contributed by atoms with E-state index in [2.05, 4.69) is 26.1 Å². The van der Waals surface area contributed by atoms with Crippen molar-refractivity contribution in [3.63, 3.8) is 0 Å². The Balaban J connectivity index is 2.17. The van der Waals surface area contributed by atoms with Gasteiger partial charge in [0.2, 0.25) is 11.8 Å². The quantitative estimate of drug-likeness (QED) is 0.628. The van der Waals surface area contributed by atoms with Crippen LogP contribution in [0.4, 0.5) is 0 Å². The Bertz CT molecular complexity index is 306. The minimum absolute atomic E-state index is 0.00251. The first-order valence-corrected chi connectivity index (χ1v) is 5.47. The van der Waals surface area contributed by atoms with Gasteiger partial charge < -0.3 is 10.2 Å². The number of hydrogen-bond acceptors (Lipinski definition) is 2. The lowest BCUT2D eigenvalue weighted by atomic mass is 9.79. The van der Waals surface area contributed by atoms with Crippen LogP contribution in [0.5, 0.6) is 0 Å². The lowest BCUT2D eigenvalue weighted by molar-refractivity contribution is -0.140. The second kappa shape index (κ2) is 3.22. The number of carbonyl (C=O) groups is 2. The fraction of sp³-hybridized carbons (Fsp3) is 0.818. The molecule has 2 heterocycles. The van der Waals surface area contributed by atoms with Crippen molar-refractivity contribution in [2.75, 3.05) is 13.1 Å². The molecule has 0 spiro atoms. The first-order chi connectivity index (χ1) is 6.89. The number of nitrogens with zero attached hydrogens (tertiary/aromatic N) is 1. The number of nitrogens with one attached hydrogen (secondary N) is 1. The summed E-state index contributed by atoms with van der Waals surface area (Å²) in [5, 5.41) is 2.81. The van der Waals surface area contributed by atoms with Crippen molar-refractivity contribution in [1.82, 2.24) is 10.2 Å². The van der Waals surface area contributed by atoms with Crippen LogP contribution in [0.2, 0.25) is 0 Å². The van der Waals surface area contributed by atoms with Crippen molar-refractivity contribution >= 4 is 11.8 Å². The number of amides is 2. The minimum Gasteiger partial charge on any atom is -0.352 e. The Labute approximate surface area is 90.0 Å². The molecule has 2 rings (SSSR count). The number of rotatable bonds is 0. The molecule has 4 nitrogen and oxygen atoms in total. The van der Waals surface area contributed by atoms with Gasteiger partial charge in [0.1, 0.15) is 0 Å². The van der Waals surface area contributed by atoms with Gasteiger partial charge in [0.05, 0.1) is 12.6 Å². The highest BCUT2D eigenvalue weighted by Crippen LogP contribution is 2.38. The first-order valence-electron chi connectivity index (χ1n) is 5.47. The van der Waals surface area contributed by atoms with E-state index in [9.17, 15) is 9.59 Å². The van der Waals surface area contributed by atoms with E-state index in [1.54, 1.807) is 4.90 Å². The number of carbonyl (C=O) groups excluding carboxylic acids is 2.